The van der Waals surface area contributed by atoms with Crippen LogP contribution in [-0.4, -0.2) is 41.5 Å². The molecule has 2 unspecified atom stereocenters. The molecule has 0 radical (unpaired) electrons. The molecule has 1 heterocycles. The number of nitrogens with zero attached hydrogens (tertiary/aromatic N) is 1. The summed E-state index contributed by atoms with van der Waals surface area (Å²) in [5.74, 6) is 0. The molecule has 1 fully saturated rings. The number of aliphatic hydroxyl groups excluding tert-OH is 1. The van der Waals surface area contributed by atoms with E-state index < -0.39 is 18.3 Å². The Kier molecular flexibility index (Phi) is 5.35. The van der Waals surface area contributed by atoms with Crippen LogP contribution in [0.5, 0.6) is 0 Å². The molecule has 0 aromatic heterocycles. The lowest BCUT2D eigenvalue weighted by Gasteiger charge is -2.24. The summed E-state index contributed by atoms with van der Waals surface area (Å²) >= 11 is 0. The van der Waals surface area contributed by atoms with Gasteiger partial charge in [0.05, 0.1) is 6.04 Å². The molecule has 1 aromatic rings. The zero-order valence-corrected chi connectivity index (χ0v) is 11.4. The summed E-state index contributed by atoms with van der Waals surface area (Å²) in [6.07, 6.45) is -0.190. The summed E-state index contributed by atoms with van der Waals surface area (Å²) in [6.45, 7) is 0.584. The van der Waals surface area contributed by atoms with Gasteiger partial charge in [0.15, 0.2) is 0 Å². The summed E-state index contributed by atoms with van der Waals surface area (Å²) in [5, 5.41) is 8.83. The van der Waals surface area contributed by atoms with E-state index in [2.05, 4.69) is 0 Å². The van der Waals surface area contributed by atoms with E-state index in [1.165, 1.54) is 4.90 Å². The molecule has 4 nitrogen and oxygen atoms in total. The molecular formula is C15H20FNO3. The Labute approximate surface area is 118 Å². The van der Waals surface area contributed by atoms with Crippen LogP contribution in [0.2, 0.25) is 0 Å². The quantitative estimate of drug-likeness (QED) is 0.902. The Bertz CT molecular complexity index is 426. The van der Waals surface area contributed by atoms with E-state index in [0.717, 1.165) is 5.56 Å². The van der Waals surface area contributed by atoms with E-state index >= 15 is 0 Å². The zero-order chi connectivity index (χ0) is 14.4. The number of ether oxygens (including phenoxy) is 1. The molecule has 20 heavy (non-hydrogen) atoms. The second-order valence-corrected chi connectivity index (χ2v) is 4.97. The van der Waals surface area contributed by atoms with Crippen LogP contribution in [0.25, 0.3) is 0 Å². The fourth-order valence-corrected chi connectivity index (χ4v) is 2.48. The van der Waals surface area contributed by atoms with Crippen molar-refractivity contribution < 1.29 is 19.0 Å². The van der Waals surface area contributed by atoms with Gasteiger partial charge in [-0.15, -0.1) is 0 Å². The largest absolute Gasteiger partial charge is 0.445 e. The highest BCUT2D eigenvalue weighted by molar-refractivity contribution is 5.68. The molecule has 0 saturated carbocycles. The standard InChI is InChI=1S/C15H20FNO3/c16-13-8-9-17(14(13)7-4-10-18)15(19)20-11-12-5-2-1-3-6-12/h1-3,5-6,13-14,18H,4,7-11H2. The van der Waals surface area contributed by atoms with Gasteiger partial charge < -0.3 is 14.7 Å². The van der Waals surface area contributed by atoms with Crippen molar-refractivity contribution in [2.24, 2.45) is 0 Å². The third kappa shape index (κ3) is 3.70. The number of aliphatic hydroxyl groups is 1. The van der Waals surface area contributed by atoms with Crippen LogP contribution in [0.15, 0.2) is 30.3 Å². The molecule has 110 valence electrons. The van der Waals surface area contributed by atoms with E-state index in [-0.39, 0.29) is 13.2 Å². The normalized spacial score (nSPS) is 22.0. The number of rotatable bonds is 5. The first-order chi connectivity index (χ1) is 9.72. The second-order valence-electron chi connectivity index (χ2n) is 4.97. The third-order valence-electron chi connectivity index (χ3n) is 3.56. The van der Waals surface area contributed by atoms with Crippen LogP contribution in [0.1, 0.15) is 24.8 Å². The van der Waals surface area contributed by atoms with E-state index in [0.29, 0.717) is 25.8 Å². The van der Waals surface area contributed by atoms with Crippen molar-refractivity contribution in [3.05, 3.63) is 35.9 Å². The molecule has 0 spiro atoms. The number of hydrogen-bond donors (Lipinski definition) is 1. The molecule has 2 rings (SSSR count). The smallest absolute Gasteiger partial charge is 0.410 e. The average molecular weight is 281 g/mol. The molecular weight excluding hydrogens is 261 g/mol. The van der Waals surface area contributed by atoms with Crippen LogP contribution in [0.3, 0.4) is 0 Å². The summed E-state index contributed by atoms with van der Waals surface area (Å²) in [4.78, 5) is 13.5. The number of carbonyl (C=O) groups is 1. The van der Waals surface area contributed by atoms with Crippen molar-refractivity contribution in [3.8, 4) is 0 Å². The Balaban J connectivity index is 1.87. The summed E-state index contributed by atoms with van der Waals surface area (Å²) in [6, 6.07) is 8.92. The van der Waals surface area contributed by atoms with Gasteiger partial charge in [0.25, 0.3) is 0 Å². The highest BCUT2D eigenvalue weighted by Crippen LogP contribution is 2.25. The fraction of sp³-hybridized carbons (Fsp3) is 0.533. The molecule has 1 aliphatic heterocycles. The first-order valence-electron chi connectivity index (χ1n) is 6.94. The molecule has 5 heteroatoms. The van der Waals surface area contributed by atoms with Crippen LogP contribution < -0.4 is 0 Å². The van der Waals surface area contributed by atoms with Gasteiger partial charge in [-0.05, 0) is 24.8 Å². The fourth-order valence-electron chi connectivity index (χ4n) is 2.48. The van der Waals surface area contributed by atoms with Crippen molar-refractivity contribution in [1.29, 1.82) is 0 Å². The SMILES string of the molecule is O=C(OCc1ccccc1)N1CCC(F)C1CCCO. The Morgan fingerprint density at radius 1 is 1.40 bits per heavy atom. The first-order valence-corrected chi connectivity index (χ1v) is 6.94. The average Bonchev–Trinajstić information content (AvgIpc) is 2.85. The minimum absolute atomic E-state index is 0.0100. The lowest BCUT2D eigenvalue weighted by atomic mass is 10.1. The van der Waals surface area contributed by atoms with E-state index in [4.69, 9.17) is 9.84 Å². The molecule has 1 aliphatic rings. The van der Waals surface area contributed by atoms with Gasteiger partial charge in [-0.25, -0.2) is 9.18 Å². The Morgan fingerprint density at radius 2 is 2.15 bits per heavy atom. The van der Waals surface area contributed by atoms with Gasteiger partial charge in [0.2, 0.25) is 0 Å². The number of alkyl halides is 1. The van der Waals surface area contributed by atoms with Gasteiger partial charge in [-0.1, -0.05) is 30.3 Å². The number of carbonyl (C=O) groups excluding carboxylic acids is 1. The maximum absolute atomic E-state index is 13.8. The molecule has 0 aliphatic carbocycles. The topological polar surface area (TPSA) is 49.8 Å². The van der Waals surface area contributed by atoms with Gasteiger partial charge in [0.1, 0.15) is 12.8 Å². The van der Waals surface area contributed by atoms with Gasteiger partial charge >= 0.3 is 6.09 Å². The van der Waals surface area contributed by atoms with Crippen molar-refractivity contribution in [1.82, 2.24) is 4.90 Å². The number of hydrogen-bond acceptors (Lipinski definition) is 3. The van der Waals surface area contributed by atoms with E-state index in [9.17, 15) is 9.18 Å². The van der Waals surface area contributed by atoms with Crippen molar-refractivity contribution in [3.63, 3.8) is 0 Å². The highest BCUT2D eigenvalue weighted by Gasteiger charge is 2.37. The van der Waals surface area contributed by atoms with Crippen LogP contribution in [0, 0.1) is 0 Å². The van der Waals surface area contributed by atoms with Gasteiger partial charge in [0, 0.05) is 13.2 Å². The van der Waals surface area contributed by atoms with Crippen molar-refractivity contribution >= 4 is 6.09 Å². The lowest BCUT2D eigenvalue weighted by Crippen LogP contribution is -2.39. The highest BCUT2D eigenvalue weighted by atomic mass is 19.1. The Morgan fingerprint density at radius 3 is 2.85 bits per heavy atom. The van der Waals surface area contributed by atoms with E-state index in [1.807, 2.05) is 30.3 Å². The summed E-state index contributed by atoms with van der Waals surface area (Å²) < 4.78 is 19.0. The number of likely N-dealkylation sites (tertiary alicyclic amines) is 1. The maximum atomic E-state index is 13.8. The van der Waals surface area contributed by atoms with Crippen LogP contribution >= 0.6 is 0 Å². The van der Waals surface area contributed by atoms with E-state index in [1.54, 1.807) is 0 Å². The first kappa shape index (κ1) is 14.8. The molecule has 1 N–H and O–H groups in total. The minimum atomic E-state index is -1.02. The van der Waals surface area contributed by atoms with Crippen LogP contribution in [0.4, 0.5) is 9.18 Å². The van der Waals surface area contributed by atoms with Crippen LogP contribution in [-0.2, 0) is 11.3 Å². The minimum Gasteiger partial charge on any atom is -0.445 e. The maximum Gasteiger partial charge on any atom is 0.410 e. The lowest BCUT2D eigenvalue weighted by molar-refractivity contribution is 0.0815. The Hall–Kier alpha value is -1.62. The van der Waals surface area contributed by atoms with Gasteiger partial charge in [-0.3, -0.25) is 0 Å². The van der Waals surface area contributed by atoms with Gasteiger partial charge in [-0.2, -0.15) is 0 Å². The molecule has 2 atom stereocenters. The number of benzene rings is 1. The number of halogens is 1. The molecule has 1 saturated heterocycles. The zero-order valence-electron chi connectivity index (χ0n) is 11.4. The molecule has 1 amide bonds. The van der Waals surface area contributed by atoms with Crippen molar-refractivity contribution in [2.45, 2.75) is 38.1 Å². The predicted molar refractivity (Wildman–Crippen MR) is 73.0 cm³/mol. The summed E-state index contributed by atoms with van der Waals surface area (Å²) in [7, 11) is 0. The number of amides is 1. The van der Waals surface area contributed by atoms with Crippen molar-refractivity contribution in [2.75, 3.05) is 13.2 Å². The molecule has 1 aromatic carbocycles. The summed E-state index contributed by atoms with van der Waals surface area (Å²) in [5.41, 5.74) is 0.906. The third-order valence-corrected chi connectivity index (χ3v) is 3.56. The second kappa shape index (κ2) is 7.24. The predicted octanol–water partition coefficient (Wildman–Crippen LogP) is 2.51. The monoisotopic (exact) mass is 281 g/mol. The molecule has 0 bridgehead atoms.